The number of allylic oxidation sites excluding steroid dienone is 1. The summed E-state index contributed by atoms with van der Waals surface area (Å²) in [5, 5.41) is 0.318. The third-order valence-electron chi connectivity index (χ3n) is 2.17. The van der Waals surface area contributed by atoms with Crippen molar-refractivity contribution in [2.75, 3.05) is 6.26 Å². The van der Waals surface area contributed by atoms with Crippen LogP contribution in [-0.4, -0.2) is 14.7 Å². The minimum Gasteiger partial charge on any atom is -0.224 e. The number of hydrogen-bond donors (Lipinski definition) is 0. The fraction of sp³-hybridized carbons (Fsp3) is 0.333. The van der Waals surface area contributed by atoms with E-state index >= 15 is 0 Å². The van der Waals surface area contributed by atoms with Gasteiger partial charge in [-0.1, -0.05) is 55.8 Å². The summed E-state index contributed by atoms with van der Waals surface area (Å²) in [5.41, 5.74) is 0.735. The number of benzene rings is 1. The molecule has 0 saturated carbocycles. The van der Waals surface area contributed by atoms with Crippen molar-refractivity contribution in [2.45, 2.75) is 13.8 Å². The van der Waals surface area contributed by atoms with E-state index in [9.17, 15) is 8.42 Å². The van der Waals surface area contributed by atoms with E-state index in [1.807, 2.05) is 32.0 Å². The second-order valence-electron chi connectivity index (χ2n) is 3.97. The average molecular weight is 259 g/mol. The van der Waals surface area contributed by atoms with Crippen molar-refractivity contribution in [1.82, 2.24) is 0 Å². The van der Waals surface area contributed by atoms with Crippen molar-refractivity contribution in [3.05, 3.63) is 40.8 Å². The van der Waals surface area contributed by atoms with E-state index in [1.54, 1.807) is 12.1 Å². The van der Waals surface area contributed by atoms with Crippen LogP contribution in [0.25, 0.3) is 5.03 Å². The predicted molar refractivity (Wildman–Crippen MR) is 68.9 cm³/mol. The normalized spacial score (nSPS) is 13.8. The Morgan fingerprint density at radius 1 is 1.19 bits per heavy atom. The van der Waals surface area contributed by atoms with E-state index < -0.39 is 9.84 Å². The summed E-state index contributed by atoms with van der Waals surface area (Å²) < 4.78 is 23.3. The summed E-state index contributed by atoms with van der Waals surface area (Å²) in [5.74, 6) is -0.122. The standard InChI is InChI=1S/C12H15ClO2S/c1-9(2)12(16(3,14)15)11(13)10-7-5-4-6-8-10/h4-9H,1-3H3/b12-11+. The minimum absolute atomic E-state index is 0.122. The Kier molecular flexibility index (Phi) is 4.16. The van der Waals surface area contributed by atoms with Crippen LogP contribution in [0.1, 0.15) is 19.4 Å². The van der Waals surface area contributed by atoms with E-state index in [0.717, 1.165) is 5.56 Å². The van der Waals surface area contributed by atoms with Crippen LogP contribution in [0.3, 0.4) is 0 Å². The first-order chi connectivity index (χ1) is 7.34. The second-order valence-corrected chi connectivity index (χ2v) is 6.33. The van der Waals surface area contributed by atoms with Gasteiger partial charge in [0, 0.05) is 6.26 Å². The summed E-state index contributed by atoms with van der Waals surface area (Å²) in [4.78, 5) is 0.292. The highest BCUT2D eigenvalue weighted by atomic mass is 35.5. The lowest BCUT2D eigenvalue weighted by Crippen LogP contribution is -2.08. The number of rotatable bonds is 3. The van der Waals surface area contributed by atoms with E-state index in [0.29, 0.717) is 9.94 Å². The van der Waals surface area contributed by atoms with Crippen molar-refractivity contribution in [2.24, 2.45) is 5.92 Å². The van der Waals surface area contributed by atoms with Crippen LogP contribution in [0.5, 0.6) is 0 Å². The summed E-state index contributed by atoms with van der Waals surface area (Å²) >= 11 is 6.15. The van der Waals surface area contributed by atoms with Gasteiger partial charge in [-0.3, -0.25) is 0 Å². The minimum atomic E-state index is -3.26. The fourth-order valence-corrected chi connectivity index (χ4v) is 3.64. The zero-order valence-electron chi connectivity index (χ0n) is 9.57. The summed E-state index contributed by atoms with van der Waals surface area (Å²) in [6, 6.07) is 9.13. The Bertz CT molecular complexity index is 487. The van der Waals surface area contributed by atoms with Crippen molar-refractivity contribution in [3.63, 3.8) is 0 Å². The highest BCUT2D eigenvalue weighted by Gasteiger charge is 2.20. The second kappa shape index (κ2) is 5.02. The molecule has 0 unspecified atom stereocenters. The Balaban J connectivity index is 3.41. The van der Waals surface area contributed by atoms with Gasteiger partial charge >= 0.3 is 0 Å². The van der Waals surface area contributed by atoms with Crippen molar-refractivity contribution in [3.8, 4) is 0 Å². The molecule has 1 aromatic carbocycles. The molecular weight excluding hydrogens is 244 g/mol. The van der Waals surface area contributed by atoms with Gasteiger partial charge in [-0.15, -0.1) is 0 Å². The molecule has 0 fully saturated rings. The van der Waals surface area contributed by atoms with Crippen LogP contribution < -0.4 is 0 Å². The summed E-state index contributed by atoms with van der Waals surface area (Å²) in [6.45, 7) is 3.64. The van der Waals surface area contributed by atoms with Crippen molar-refractivity contribution >= 4 is 26.5 Å². The Morgan fingerprint density at radius 2 is 1.69 bits per heavy atom. The average Bonchev–Trinajstić information content (AvgIpc) is 2.16. The van der Waals surface area contributed by atoms with Gasteiger partial charge in [0.15, 0.2) is 9.84 Å². The van der Waals surface area contributed by atoms with Gasteiger partial charge in [0.25, 0.3) is 0 Å². The summed E-state index contributed by atoms with van der Waals surface area (Å²) in [6.07, 6.45) is 1.19. The lowest BCUT2D eigenvalue weighted by molar-refractivity contribution is 0.601. The predicted octanol–water partition coefficient (Wildman–Crippen LogP) is 3.29. The Labute approximate surface area is 102 Å². The summed E-state index contributed by atoms with van der Waals surface area (Å²) in [7, 11) is -3.26. The van der Waals surface area contributed by atoms with Gasteiger partial charge in [0.1, 0.15) is 0 Å². The third-order valence-corrected chi connectivity index (χ3v) is 4.18. The molecule has 1 aromatic rings. The molecule has 0 aromatic heterocycles. The zero-order valence-corrected chi connectivity index (χ0v) is 11.1. The Morgan fingerprint density at radius 3 is 2.06 bits per heavy atom. The molecule has 0 atom stereocenters. The monoisotopic (exact) mass is 258 g/mol. The topological polar surface area (TPSA) is 34.1 Å². The maximum Gasteiger partial charge on any atom is 0.173 e. The molecule has 0 aliphatic heterocycles. The molecule has 0 saturated heterocycles. The molecule has 16 heavy (non-hydrogen) atoms. The lowest BCUT2D eigenvalue weighted by atomic mass is 10.1. The molecular formula is C12H15ClO2S. The van der Waals surface area contributed by atoms with Crippen LogP contribution in [-0.2, 0) is 9.84 Å². The van der Waals surface area contributed by atoms with Crippen molar-refractivity contribution < 1.29 is 8.42 Å². The maximum absolute atomic E-state index is 11.6. The SMILES string of the molecule is CC(C)/C(=C(\Cl)c1ccccc1)S(C)(=O)=O. The molecule has 0 spiro atoms. The first-order valence-corrected chi connectivity index (χ1v) is 7.26. The smallest absolute Gasteiger partial charge is 0.173 e. The molecule has 0 heterocycles. The Hall–Kier alpha value is -0.800. The highest BCUT2D eigenvalue weighted by Crippen LogP contribution is 2.30. The lowest BCUT2D eigenvalue weighted by Gasteiger charge is -2.12. The van der Waals surface area contributed by atoms with Crippen molar-refractivity contribution in [1.29, 1.82) is 0 Å². The number of sulfone groups is 1. The molecule has 0 aliphatic carbocycles. The van der Waals surface area contributed by atoms with E-state index in [-0.39, 0.29) is 5.92 Å². The quantitative estimate of drug-likeness (QED) is 0.834. The van der Waals surface area contributed by atoms with Gasteiger partial charge in [0.2, 0.25) is 0 Å². The zero-order chi connectivity index (χ0) is 12.3. The molecule has 0 aliphatic rings. The van der Waals surface area contributed by atoms with Gasteiger partial charge in [-0.2, -0.15) is 0 Å². The first-order valence-electron chi connectivity index (χ1n) is 4.99. The molecule has 1 rings (SSSR count). The van der Waals surface area contributed by atoms with Gasteiger partial charge < -0.3 is 0 Å². The molecule has 88 valence electrons. The van der Waals surface area contributed by atoms with Gasteiger partial charge in [-0.25, -0.2) is 8.42 Å². The van der Waals surface area contributed by atoms with Crippen LogP contribution in [0.15, 0.2) is 35.2 Å². The fourth-order valence-electron chi connectivity index (χ4n) is 1.57. The molecule has 4 heteroatoms. The van der Waals surface area contributed by atoms with Crippen LogP contribution in [0.2, 0.25) is 0 Å². The molecule has 2 nitrogen and oxygen atoms in total. The molecule has 0 N–H and O–H groups in total. The maximum atomic E-state index is 11.6. The highest BCUT2D eigenvalue weighted by molar-refractivity contribution is 7.94. The molecule has 0 bridgehead atoms. The van der Waals surface area contributed by atoms with E-state index in [2.05, 4.69) is 0 Å². The first kappa shape index (κ1) is 13.3. The molecule has 0 radical (unpaired) electrons. The molecule has 0 amide bonds. The van der Waals surface area contributed by atoms with E-state index in [4.69, 9.17) is 11.6 Å². The van der Waals surface area contributed by atoms with Crippen LogP contribution in [0, 0.1) is 5.92 Å². The largest absolute Gasteiger partial charge is 0.224 e. The van der Waals surface area contributed by atoms with Crippen LogP contribution >= 0.6 is 11.6 Å². The van der Waals surface area contributed by atoms with Gasteiger partial charge in [-0.05, 0) is 11.5 Å². The number of hydrogen-bond acceptors (Lipinski definition) is 2. The third kappa shape index (κ3) is 3.09. The van der Waals surface area contributed by atoms with E-state index in [1.165, 1.54) is 6.26 Å². The van der Waals surface area contributed by atoms with Crippen LogP contribution in [0.4, 0.5) is 0 Å². The van der Waals surface area contributed by atoms with Gasteiger partial charge in [0.05, 0.1) is 9.94 Å². The number of halogens is 1.